The van der Waals surface area contributed by atoms with Crippen molar-refractivity contribution in [2.24, 2.45) is 0 Å². The molecule has 64 valence electrons. The van der Waals surface area contributed by atoms with Gasteiger partial charge in [0.1, 0.15) is 0 Å². The van der Waals surface area contributed by atoms with Gasteiger partial charge in [0.15, 0.2) is 5.78 Å². The molecule has 0 aliphatic heterocycles. The van der Waals surface area contributed by atoms with Crippen LogP contribution >= 0.6 is 15.9 Å². The molecule has 1 aromatic carbocycles. The van der Waals surface area contributed by atoms with E-state index in [4.69, 9.17) is 0 Å². The molecule has 1 atom stereocenters. The maximum absolute atomic E-state index is 11.4. The molecule has 0 aliphatic rings. The van der Waals surface area contributed by atoms with Crippen LogP contribution in [0.2, 0.25) is 0 Å². The van der Waals surface area contributed by atoms with Gasteiger partial charge in [-0.3, -0.25) is 4.79 Å². The minimum Gasteiger partial charge on any atom is -0.293 e. The number of Topliss-reactive ketones (excluding diaryl/α,β-unsaturated/α-hetero) is 1. The van der Waals surface area contributed by atoms with Gasteiger partial charge in [-0.15, -0.1) is 0 Å². The fourth-order valence-corrected chi connectivity index (χ4v) is 1.29. The Morgan fingerprint density at radius 2 is 2.17 bits per heavy atom. The molecule has 0 fully saturated rings. The summed E-state index contributed by atoms with van der Waals surface area (Å²) in [6.07, 6.45) is 0. The van der Waals surface area contributed by atoms with E-state index in [1.54, 1.807) is 0 Å². The number of ketones is 1. The van der Waals surface area contributed by atoms with Gasteiger partial charge in [0.05, 0.1) is 4.83 Å². The summed E-state index contributed by atoms with van der Waals surface area (Å²) in [5.74, 6) is 0.138. The van der Waals surface area contributed by atoms with E-state index < -0.39 is 0 Å². The van der Waals surface area contributed by atoms with Crippen LogP contribution in [0.15, 0.2) is 24.3 Å². The lowest BCUT2D eigenvalue weighted by Gasteiger charge is -2.02. The first-order valence-corrected chi connectivity index (χ1v) is 4.78. The molecule has 0 aliphatic carbocycles. The molecule has 12 heavy (non-hydrogen) atoms. The van der Waals surface area contributed by atoms with Crippen molar-refractivity contribution in [1.29, 1.82) is 0 Å². The minimum atomic E-state index is -0.0979. The standard InChI is InChI=1S/C10H11BrO/c1-7-4-3-5-9(6-7)10(12)8(2)11/h3-6,8H,1-2H3/t8-/m0/s1. The monoisotopic (exact) mass is 226 g/mol. The molecule has 0 unspecified atom stereocenters. The van der Waals surface area contributed by atoms with Gasteiger partial charge < -0.3 is 0 Å². The van der Waals surface area contributed by atoms with Crippen LogP contribution in [0.4, 0.5) is 0 Å². The Labute approximate surface area is 80.9 Å². The molecule has 0 saturated carbocycles. The number of benzene rings is 1. The van der Waals surface area contributed by atoms with Gasteiger partial charge in [-0.1, -0.05) is 39.7 Å². The number of rotatable bonds is 2. The van der Waals surface area contributed by atoms with E-state index in [1.807, 2.05) is 38.1 Å². The fraction of sp³-hybridized carbons (Fsp3) is 0.300. The van der Waals surface area contributed by atoms with Crippen LogP contribution in [0.5, 0.6) is 0 Å². The number of carbonyl (C=O) groups excluding carboxylic acids is 1. The van der Waals surface area contributed by atoms with Crippen molar-refractivity contribution in [2.75, 3.05) is 0 Å². The highest BCUT2D eigenvalue weighted by molar-refractivity contribution is 9.10. The van der Waals surface area contributed by atoms with E-state index in [0.717, 1.165) is 11.1 Å². The second-order valence-electron chi connectivity index (χ2n) is 2.85. The average molecular weight is 227 g/mol. The normalized spacial score (nSPS) is 12.6. The van der Waals surface area contributed by atoms with Crippen LogP contribution in [0.3, 0.4) is 0 Å². The lowest BCUT2D eigenvalue weighted by atomic mass is 10.1. The number of halogens is 1. The molecule has 0 heterocycles. The first kappa shape index (κ1) is 9.46. The molecule has 0 spiro atoms. The summed E-state index contributed by atoms with van der Waals surface area (Å²) >= 11 is 3.25. The van der Waals surface area contributed by atoms with Crippen molar-refractivity contribution in [2.45, 2.75) is 18.7 Å². The SMILES string of the molecule is Cc1cccc(C(=O)[C@H](C)Br)c1. The van der Waals surface area contributed by atoms with Crippen molar-refractivity contribution in [1.82, 2.24) is 0 Å². The molecule has 0 amide bonds. The second kappa shape index (κ2) is 3.85. The summed E-state index contributed by atoms with van der Waals surface area (Å²) in [5, 5.41) is 0. The minimum absolute atomic E-state index is 0.0979. The highest BCUT2D eigenvalue weighted by Crippen LogP contribution is 2.10. The summed E-state index contributed by atoms with van der Waals surface area (Å²) in [6.45, 7) is 3.82. The zero-order chi connectivity index (χ0) is 9.14. The lowest BCUT2D eigenvalue weighted by molar-refractivity contribution is 0.0996. The quantitative estimate of drug-likeness (QED) is 0.560. The number of aryl methyl sites for hydroxylation is 1. The Morgan fingerprint density at radius 3 is 2.67 bits per heavy atom. The topological polar surface area (TPSA) is 17.1 Å². The molecule has 0 radical (unpaired) electrons. The van der Waals surface area contributed by atoms with Gasteiger partial charge in [-0.25, -0.2) is 0 Å². The van der Waals surface area contributed by atoms with Crippen LogP contribution in [-0.2, 0) is 0 Å². The maximum atomic E-state index is 11.4. The van der Waals surface area contributed by atoms with Crippen molar-refractivity contribution in [3.05, 3.63) is 35.4 Å². The predicted octanol–water partition coefficient (Wildman–Crippen LogP) is 2.96. The van der Waals surface area contributed by atoms with Crippen molar-refractivity contribution in [3.8, 4) is 0 Å². The summed E-state index contributed by atoms with van der Waals surface area (Å²) < 4.78 is 0. The first-order chi connectivity index (χ1) is 5.61. The molecule has 1 nitrogen and oxygen atoms in total. The van der Waals surface area contributed by atoms with Gasteiger partial charge in [0.25, 0.3) is 0 Å². The third kappa shape index (κ3) is 2.18. The highest BCUT2D eigenvalue weighted by Gasteiger charge is 2.10. The molecule has 0 saturated heterocycles. The lowest BCUT2D eigenvalue weighted by Crippen LogP contribution is -2.09. The third-order valence-corrected chi connectivity index (χ3v) is 2.08. The summed E-state index contributed by atoms with van der Waals surface area (Å²) in [6, 6.07) is 7.63. The molecule has 0 bridgehead atoms. The third-order valence-electron chi connectivity index (χ3n) is 1.66. The Hall–Kier alpha value is -0.630. The smallest absolute Gasteiger partial charge is 0.176 e. The molecule has 0 N–H and O–H groups in total. The van der Waals surface area contributed by atoms with Crippen molar-refractivity contribution in [3.63, 3.8) is 0 Å². The number of carbonyl (C=O) groups is 1. The summed E-state index contributed by atoms with van der Waals surface area (Å²) in [7, 11) is 0. The number of alkyl halides is 1. The summed E-state index contributed by atoms with van der Waals surface area (Å²) in [4.78, 5) is 11.4. The zero-order valence-corrected chi connectivity index (χ0v) is 8.76. The van der Waals surface area contributed by atoms with E-state index in [9.17, 15) is 4.79 Å². The maximum Gasteiger partial charge on any atom is 0.176 e. The Kier molecular flexibility index (Phi) is 3.04. The van der Waals surface area contributed by atoms with Crippen LogP contribution in [-0.4, -0.2) is 10.6 Å². The predicted molar refractivity (Wildman–Crippen MR) is 53.9 cm³/mol. The van der Waals surface area contributed by atoms with Gasteiger partial charge in [0.2, 0.25) is 0 Å². The largest absolute Gasteiger partial charge is 0.293 e. The van der Waals surface area contributed by atoms with E-state index in [-0.39, 0.29) is 10.6 Å². The number of hydrogen-bond donors (Lipinski definition) is 0. The van der Waals surface area contributed by atoms with Crippen LogP contribution in [0.25, 0.3) is 0 Å². The van der Waals surface area contributed by atoms with E-state index in [1.165, 1.54) is 0 Å². The Balaban J connectivity index is 2.96. The van der Waals surface area contributed by atoms with Gasteiger partial charge in [-0.05, 0) is 19.9 Å². The molecular formula is C10H11BrO. The van der Waals surface area contributed by atoms with E-state index >= 15 is 0 Å². The summed E-state index contributed by atoms with van der Waals surface area (Å²) in [5.41, 5.74) is 1.90. The van der Waals surface area contributed by atoms with Gasteiger partial charge in [-0.2, -0.15) is 0 Å². The number of hydrogen-bond acceptors (Lipinski definition) is 1. The van der Waals surface area contributed by atoms with Crippen LogP contribution < -0.4 is 0 Å². The highest BCUT2D eigenvalue weighted by atomic mass is 79.9. The van der Waals surface area contributed by atoms with E-state index in [0.29, 0.717) is 0 Å². The van der Waals surface area contributed by atoms with Crippen LogP contribution in [0, 0.1) is 6.92 Å². The fourth-order valence-electron chi connectivity index (χ4n) is 1.03. The van der Waals surface area contributed by atoms with Crippen molar-refractivity contribution >= 4 is 21.7 Å². The Morgan fingerprint density at radius 1 is 1.50 bits per heavy atom. The second-order valence-corrected chi connectivity index (χ2v) is 4.22. The molecule has 2 heteroatoms. The average Bonchev–Trinajstić information content (AvgIpc) is 2.03. The first-order valence-electron chi connectivity index (χ1n) is 3.86. The molecule has 0 aromatic heterocycles. The van der Waals surface area contributed by atoms with Crippen LogP contribution in [0.1, 0.15) is 22.8 Å². The zero-order valence-electron chi connectivity index (χ0n) is 7.17. The molecule has 1 rings (SSSR count). The van der Waals surface area contributed by atoms with Gasteiger partial charge >= 0.3 is 0 Å². The van der Waals surface area contributed by atoms with Gasteiger partial charge in [0, 0.05) is 5.56 Å². The molecule has 1 aromatic rings. The molecular weight excluding hydrogens is 216 g/mol. The van der Waals surface area contributed by atoms with E-state index in [2.05, 4.69) is 15.9 Å². The van der Waals surface area contributed by atoms with Crippen molar-refractivity contribution < 1.29 is 4.79 Å². The Bertz CT molecular complexity index is 292.